The van der Waals surface area contributed by atoms with Gasteiger partial charge < -0.3 is 15.0 Å². The molecule has 16 heavy (non-hydrogen) atoms. The molecule has 0 fully saturated rings. The first kappa shape index (κ1) is 10.5. The van der Waals surface area contributed by atoms with Gasteiger partial charge in [0.1, 0.15) is 17.4 Å². The highest BCUT2D eigenvalue weighted by molar-refractivity contribution is 5.38. The van der Waals surface area contributed by atoms with Crippen molar-refractivity contribution < 1.29 is 4.74 Å². The van der Waals surface area contributed by atoms with Crippen LogP contribution in [0.4, 0.5) is 5.82 Å². The van der Waals surface area contributed by atoms with E-state index in [-0.39, 0.29) is 6.04 Å². The fourth-order valence-corrected chi connectivity index (χ4v) is 1.39. The van der Waals surface area contributed by atoms with E-state index in [1.807, 2.05) is 19.1 Å². The standard InChI is InChI=1S/C11H14N4O/c1-8(11-12-5-6-13-11)15-10-4-3-9(16-2)7-14-10/h3-8H,1-2H3,(H,12,13)(H,14,15). The van der Waals surface area contributed by atoms with Gasteiger partial charge in [0.2, 0.25) is 0 Å². The smallest absolute Gasteiger partial charge is 0.137 e. The topological polar surface area (TPSA) is 62.8 Å². The first-order valence-corrected chi connectivity index (χ1v) is 5.05. The molecule has 0 radical (unpaired) electrons. The molecule has 2 rings (SSSR count). The molecule has 5 nitrogen and oxygen atoms in total. The van der Waals surface area contributed by atoms with Gasteiger partial charge in [-0.3, -0.25) is 0 Å². The van der Waals surface area contributed by atoms with Gasteiger partial charge in [-0.1, -0.05) is 0 Å². The minimum Gasteiger partial charge on any atom is -0.495 e. The van der Waals surface area contributed by atoms with Gasteiger partial charge in [0.05, 0.1) is 19.3 Å². The van der Waals surface area contributed by atoms with Gasteiger partial charge in [-0.2, -0.15) is 0 Å². The quantitative estimate of drug-likeness (QED) is 0.823. The van der Waals surface area contributed by atoms with Gasteiger partial charge in [0.15, 0.2) is 0 Å². The predicted molar refractivity (Wildman–Crippen MR) is 61.4 cm³/mol. The third kappa shape index (κ3) is 2.31. The second-order valence-electron chi connectivity index (χ2n) is 3.42. The second-order valence-corrected chi connectivity index (χ2v) is 3.42. The van der Waals surface area contributed by atoms with Crippen molar-refractivity contribution in [1.29, 1.82) is 0 Å². The van der Waals surface area contributed by atoms with E-state index in [9.17, 15) is 0 Å². The lowest BCUT2D eigenvalue weighted by Crippen LogP contribution is -2.09. The molecule has 2 aromatic rings. The molecule has 0 saturated carbocycles. The van der Waals surface area contributed by atoms with E-state index in [0.717, 1.165) is 17.4 Å². The highest BCUT2D eigenvalue weighted by Gasteiger charge is 2.07. The number of H-pyrrole nitrogens is 1. The SMILES string of the molecule is COc1ccc(NC(C)c2ncc[nH]2)nc1. The van der Waals surface area contributed by atoms with Gasteiger partial charge in [0, 0.05) is 12.4 Å². The molecule has 0 bridgehead atoms. The third-order valence-corrected chi connectivity index (χ3v) is 2.27. The Labute approximate surface area is 93.9 Å². The molecule has 1 atom stereocenters. The number of hydrogen-bond donors (Lipinski definition) is 2. The van der Waals surface area contributed by atoms with E-state index in [0.29, 0.717) is 0 Å². The average Bonchev–Trinajstić information content (AvgIpc) is 2.83. The third-order valence-electron chi connectivity index (χ3n) is 2.27. The summed E-state index contributed by atoms with van der Waals surface area (Å²) in [5.41, 5.74) is 0. The van der Waals surface area contributed by atoms with Crippen LogP contribution in [0.15, 0.2) is 30.7 Å². The van der Waals surface area contributed by atoms with E-state index in [1.165, 1.54) is 0 Å². The number of nitrogens with one attached hydrogen (secondary N) is 2. The normalized spacial score (nSPS) is 12.1. The van der Waals surface area contributed by atoms with E-state index >= 15 is 0 Å². The van der Waals surface area contributed by atoms with Crippen LogP contribution in [0.1, 0.15) is 18.8 Å². The lowest BCUT2D eigenvalue weighted by Gasteiger charge is -2.12. The number of pyridine rings is 1. The van der Waals surface area contributed by atoms with Crippen LogP contribution >= 0.6 is 0 Å². The van der Waals surface area contributed by atoms with Gasteiger partial charge >= 0.3 is 0 Å². The van der Waals surface area contributed by atoms with Crippen molar-refractivity contribution in [2.45, 2.75) is 13.0 Å². The number of ether oxygens (including phenoxy) is 1. The highest BCUT2D eigenvalue weighted by atomic mass is 16.5. The van der Waals surface area contributed by atoms with Crippen molar-refractivity contribution in [1.82, 2.24) is 15.0 Å². The summed E-state index contributed by atoms with van der Waals surface area (Å²) in [5, 5.41) is 3.24. The van der Waals surface area contributed by atoms with E-state index in [4.69, 9.17) is 4.74 Å². The number of aromatic nitrogens is 3. The molecule has 2 heterocycles. The minimum atomic E-state index is 0.0934. The van der Waals surface area contributed by atoms with Crippen LogP contribution in [0.3, 0.4) is 0 Å². The van der Waals surface area contributed by atoms with Crippen LogP contribution in [0.2, 0.25) is 0 Å². The Morgan fingerprint density at radius 2 is 2.25 bits per heavy atom. The number of methoxy groups -OCH3 is 1. The monoisotopic (exact) mass is 218 g/mol. The molecule has 0 saturated heterocycles. The summed E-state index contributed by atoms with van der Waals surface area (Å²) < 4.78 is 5.04. The van der Waals surface area contributed by atoms with Crippen molar-refractivity contribution >= 4 is 5.82 Å². The molecule has 1 unspecified atom stereocenters. The van der Waals surface area contributed by atoms with Gasteiger partial charge in [-0.15, -0.1) is 0 Å². The van der Waals surface area contributed by atoms with Crippen molar-refractivity contribution in [2.75, 3.05) is 12.4 Å². The van der Waals surface area contributed by atoms with Crippen LogP contribution in [-0.4, -0.2) is 22.1 Å². The Morgan fingerprint density at radius 1 is 1.38 bits per heavy atom. The lowest BCUT2D eigenvalue weighted by atomic mass is 10.3. The number of aromatic amines is 1. The van der Waals surface area contributed by atoms with E-state index < -0.39 is 0 Å². The Balaban J connectivity index is 2.03. The molecule has 5 heteroatoms. The lowest BCUT2D eigenvalue weighted by molar-refractivity contribution is 0.413. The fraction of sp³-hybridized carbons (Fsp3) is 0.273. The fourth-order valence-electron chi connectivity index (χ4n) is 1.39. The molecule has 0 aromatic carbocycles. The number of rotatable bonds is 4. The molecule has 0 spiro atoms. The predicted octanol–water partition coefficient (Wildman–Crippen LogP) is 1.99. The first-order valence-electron chi connectivity index (χ1n) is 5.05. The Bertz CT molecular complexity index is 424. The molecule has 2 aromatic heterocycles. The summed E-state index contributed by atoms with van der Waals surface area (Å²) in [4.78, 5) is 11.5. The summed E-state index contributed by atoms with van der Waals surface area (Å²) in [7, 11) is 1.62. The van der Waals surface area contributed by atoms with Crippen LogP contribution in [-0.2, 0) is 0 Å². The maximum absolute atomic E-state index is 5.04. The molecule has 0 aliphatic heterocycles. The van der Waals surface area contributed by atoms with Crippen LogP contribution in [0.25, 0.3) is 0 Å². The molecule has 2 N–H and O–H groups in total. The zero-order valence-electron chi connectivity index (χ0n) is 9.27. The summed E-state index contributed by atoms with van der Waals surface area (Å²) in [6.07, 6.45) is 5.21. The number of hydrogen-bond acceptors (Lipinski definition) is 4. The van der Waals surface area contributed by atoms with E-state index in [1.54, 1.807) is 25.7 Å². The summed E-state index contributed by atoms with van der Waals surface area (Å²) in [5.74, 6) is 2.43. The second kappa shape index (κ2) is 4.65. The maximum Gasteiger partial charge on any atom is 0.137 e. The first-order chi connectivity index (χ1) is 7.79. The van der Waals surface area contributed by atoms with Gasteiger partial charge in [-0.25, -0.2) is 9.97 Å². The van der Waals surface area contributed by atoms with Crippen molar-refractivity contribution in [3.63, 3.8) is 0 Å². The molecule has 0 aliphatic rings. The molecular formula is C11H14N4O. The largest absolute Gasteiger partial charge is 0.495 e. The van der Waals surface area contributed by atoms with Crippen LogP contribution in [0, 0.1) is 0 Å². The molecule has 0 aliphatic carbocycles. The Kier molecular flexibility index (Phi) is 3.05. The summed E-state index contributed by atoms with van der Waals surface area (Å²) in [6, 6.07) is 3.83. The summed E-state index contributed by atoms with van der Waals surface area (Å²) >= 11 is 0. The van der Waals surface area contributed by atoms with Gasteiger partial charge in [-0.05, 0) is 19.1 Å². The van der Waals surface area contributed by atoms with Crippen LogP contribution < -0.4 is 10.1 Å². The maximum atomic E-state index is 5.04. The van der Waals surface area contributed by atoms with Crippen molar-refractivity contribution in [3.05, 3.63) is 36.5 Å². The zero-order valence-corrected chi connectivity index (χ0v) is 9.27. The number of anilines is 1. The minimum absolute atomic E-state index is 0.0934. The van der Waals surface area contributed by atoms with Crippen molar-refractivity contribution in [3.8, 4) is 5.75 Å². The van der Waals surface area contributed by atoms with Crippen LogP contribution in [0.5, 0.6) is 5.75 Å². The molecular weight excluding hydrogens is 204 g/mol. The zero-order chi connectivity index (χ0) is 11.4. The van der Waals surface area contributed by atoms with Gasteiger partial charge in [0.25, 0.3) is 0 Å². The highest BCUT2D eigenvalue weighted by Crippen LogP contribution is 2.16. The Hall–Kier alpha value is -2.04. The number of imidazole rings is 1. The average molecular weight is 218 g/mol. The number of nitrogens with zero attached hydrogens (tertiary/aromatic N) is 2. The summed E-state index contributed by atoms with van der Waals surface area (Å²) in [6.45, 7) is 2.02. The van der Waals surface area contributed by atoms with E-state index in [2.05, 4.69) is 20.3 Å². The Morgan fingerprint density at radius 3 is 2.81 bits per heavy atom. The molecule has 84 valence electrons. The molecule has 0 amide bonds. The van der Waals surface area contributed by atoms with Crippen molar-refractivity contribution in [2.24, 2.45) is 0 Å².